The Morgan fingerprint density at radius 3 is 2.15 bits per heavy atom. The molecule has 5 nitrogen and oxygen atoms in total. The van der Waals surface area contributed by atoms with Crippen molar-refractivity contribution in [3.8, 4) is 11.1 Å². The molecule has 3 aromatic carbocycles. The number of aliphatic carboxylic acids is 1. The number of hydrogen-bond donors (Lipinski definition) is 1. The van der Waals surface area contributed by atoms with E-state index in [1.54, 1.807) is 11.0 Å². The number of ether oxygens (including phenoxy) is 1. The monoisotopic (exact) mass is 475 g/mol. The van der Waals surface area contributed by atoms with Crippen molar-refractivity contribution < 1.29 is 19.4 Å². The number of benzene rings is 3. The molecule has 1 aliphatic heterocycles. The fourth-order valence-corrected chi connectivity index (χ4v) is 5.52. The lowest BCUT2D eigenvalue weighted by Crippen LogP contribution is -2.47. The molecule has 34 heavy (non-hydrogen) atoms. The average molecular weight is 476 g/mol. The first-order chi connectivity index (χ1) is 16.5. The first kappa shape index (κ1) is 22.5. The second-order valence-electron chi connectivity index (χ2n) is 9.18. The lowest BCUT2D eigenvalue weighted by atomic mass is 9.74. The van der Waals surface area contributed by atoms with Crippen LogP contribution in [0.15, 0.2) is 72.8 Å². The van der Waals surface area contributed by atoms with E-state index >= 15 is 0 Å². The Bertz CT molecular complexity index is 1190. The number of carbonyl (C=O) groups is 2. The van der Waals surface area contributed by atoms with Crippen LogP contribution < -0.4 is 0 Å². The SMILES string of the molecule is O=C(OCC1c2ccccc2-c2ccccc21)N1CCC(Cc2cccc(Cl)c2)(C(=O)O)CC1. The summed E-state index contributed by atoms with van der Waals surface area (Å²) in [5.41, 5.74) is 4.69. The number of piperidine rings is 1. The predicted molar refractivity (Wildman–Crippen MR) is 131 cm³/mol. The number of carbonyl (C=O) groups excluding carboxylic acids is 1. The Morgan fingerprint density at radius 1 is 0.941 bits per heavy atom. The van der Waals surface area contributed by atoms with E-state index in [1.165, 1.54) is 22.3 Å². The van der Waals surface area contributed by atoms with Gasteiger partial charge in [0.1, 0.15) is 6.61 Å². The van der Waals surface area contributed by atoms with E-state index in [2.05, 4.69) is 24.3 Å². The summed E-state index contributed by atoms with van der Waals surface area (Å²) < 4.78 is 5.76. The van der Waals surface area contributed by atoms with Gasteiger partial charge in [0.05, 0.1) is 5.41 Å². The van der Waals surface area contributed by atoms with Gasteiger partial charge in [0, 0.05) is 24.0 Å². The number of hydrogen-bond acceptors (Lipinski definition) is 3. The smallest absolute Gasteiger partial charge is 0.409 e. The summed E-state index contributed by atoms with van der Waals surface area (Å²) in [6.45, 7) is 0.961. The molecule has 0 aromatic heterocycles. The van der Waals surface area contributed by atoms with Crippen LogP contribution in [-0.4, -0.2) is 41.8 Å². The van der Waals surface area contributed by atoms with Crippen LogP contribution >= 0.6 is 11.6 Å². The second kappa shape index (κ2) is 9.15. The van der Waals surface area contributed by atoms with Crippen LogP contribution in [0.25, 0.3) is 11.1 Å². The van der Waals surface area contributed by atoms with Gasteiger partial charge in [-0.3, -0.25) is 4.79 Å². The molecule has 0 radical (unpaired) electrons. The summed E-state index contributed by atoms with van der Waals surface area (Å²) in [6.07, 6.45) is 0.753. The van der Waals surface area contributed by atoms with Gasteiger partial charge >= 0.3 is 12.1 Å². The number of carboxylic acid groups (broad SMARTS) is 1. The zero-order valence-electron chi connectivity index (χ0n) is 18.7. The maximum absolute atomic E-state index is 12.9. The van der Waals surface area contributed by atoms with Crippen LogP contribution in [0.2, 0.25) is 5.02 Å². The summed E-state index contributed by atoms with van der Waals surface area (Å²) >= 11 is 6.09. The lowest BCUT2D eigenvalue weighted by Gasteiger charge is -2.38. The topological polar surface area (TPSA) is 66.8 Å². The second-order valence-corrected chi connectivity index (χ2v) is 9.62. The molecular weight excluding hydrogens is 450 g/mol. The van der Waals surface area contributed by atoms with Gasteiger partial charge in [-0.1, -0.05) is 72.3 Å². The zero-order chi connectivity index (χ0) is 23.7. The minimum Gasteiger partial charge on any atom is -0.481 e. The van der Waals surface area contributed by atoms with Crippen LogP contribution in [0, 0.1) is 5.41 Å². The van der Waals surface area contributed by atoms with Crippen LogP contribution in [0.1, 0.15) is 35.4 Å². The van der Waals surface area contributed by atoms with Crippen molar-refractivity contribution in [3.63, 3.8) is 0 Å². The lowest BCUT2D eigenvalue weighted by molar-refractivity contribution is -0.151. The summed E-state index contributed by atoms with van der Waals surface area (Å²) in [7, 11) is 0. The Kier molecular flexibility index (Phi) is 6.05. The molecule has 1 aliphatic carbocycles. The van der Waals surface area contributed by atoms with Crippen LogP contribution in [0.5, 0.6) is 0 Å². The molecule has 0 bridgehead atoms. The Hall–Kier alpha value is -3.31. The summed E-state index contributed by atoms with van der Waals surface area (Å²) in [4.78, 5) is 26.7. The van der Waals surface area contributed by atoms with E-state index < -0.39 is 11.4 Å². The maximum Gasteiger partial charge on any atom is 0.409 e. The number of carboxylic acids is 1. The highest BCUT2D eigenvalue weighted by Crippen LogP contribution is 2.44. The van der Waals surface area contributed by atoms with E-state index in [0.29, 0.717) is 37.4 Å². The van der Waals surface area contributed by atoms with E-state index in [1.807, 2.05) is 42.5 Å². The van der Waals surface area contributed by atoms with Gasteiger partial charge in [-0.25, -0.2) is 4.79 Å². The third kappa shape index (κ3) is 4.16. The number of rotatable bonds is 5. The van der Waals surface area contributed by atoms with E-state index in [0.717, 1.165) is 5.56 Å². The number of amides is 1. The van der Waals surface area contributed by atoms with Gasteiger partial charge in [-0.05, 0) is 59.2 Å². The van der Waals surface area contributed by atoms with Crippen LogP contribution in [0.3, 0.4) is 0 Å². The molecule has 6 heteroatoms. The Labute approximate surface area is 203 Å². The highest BCUT2D eigenvalue weighted by atomic mass is 35.5. The van der Waals surface area contributed by atoms with Gasteiger partial charge in [0.25, 0.3) is 0 Å². The molecule has 0 saturated carbocycles. The molecule has 3 aromatic rings. The fourth-order valence-electron chi connectivity index (χ4n) is 5.31. The summed E-state index contributed by atoms with van der Waals surface area (Å²) in [5.74, 6) is -0.832. The molecule has 1 heterocycles. The van der Waals surface area contributed by atoms with E-state index in [4.69, 9.17) is 16.3 Å². The number of fused-ring (bicyclic) bond motifs is 3. The minimum absolute atomic E-state index is 0.00193. The average Bonchev–Trinajstić information content (AvgIpc) is 3.16. The van der Waals surface area contributed by atoms with Crippen molar-refractivity contribution in [2.24, 2.45) is 5.41 Å². The molecule has 0 unspecified atom stereocenters. The highest BCUT2D eigenvalue weighted by molar-refractivity contribution is 6.30. The molecule has 0 atom stereocenters. The van der Waals surface area contributed by atoms with Gasteiger partial charge < -0.3 is 14.7 Å². The van der Waals surface area contributed by atoms with Crippen molar-refractivity contribution in [1.29, 1.82) is 0 Å². The first-order valence-corrected chi connectivity index (χ1v) is 11.9. The number of likely N-dealkylation sites (tertiary alicyclic amines) is 1. The Balaban J connectivity index is 1.24. The molecule has 174 valence electrons. The Morgan fingerprint density at radius 2 is 1.56 bits per heavy atom. The molecule has 5 rings (SSSR count). The van der Waals surface area contributed by atoms with Crippen LogP contribution in [-0.2, 0) is 16.0 Å². The van der Waals surface area contributed by atoms with E-state index in [9.17, 15) is 14.7 Å². The third-order valence-electron chi connectivity index (χ3n) is 7.20. The minimum atomic E-state index is -0.912. The number of halogens is 1. The van der Waals surface area contributed by atoms with Gasteiger partial charge in [0.15, 0.2) is 0 Å². The van der Waals surface area contributed by atoms with Gasteiger partial charge in [-0.15, -0.1) is 0 Å². The molecular formula is C28H26ClNO4. The fraction of sp³-hybridized carbons (Fsp3) is 0.286. The largest absolute Gasteiger partial charge is 0.481 e. The van der Waals surface area contributed by atoms with Crippen molar-refractivity contribution in [3.05, 3.63) is 94.5 Å². The normalized spacial score (nSPS) is 16.6. The molecule has 1 saturated heterocycles. The van der Waals surface area contributed by atoms with Crippen molar-refractivity contribution in [2.75, 3.05) is 19.7 Å². The van der Waals surface area contributed by atoms with Crippen LogP contribution in [0.4, 0.5) is 4.79 Å². The summed E-state index contributed by atoms with van der Waals surface area (Å²) in [6, 6.07) is 23.8. The number of nitrogens with zero attached hydrogens (tertiary/aromatic N) is 1. The van der Waals surface area contributed by atoms with Crippen molar-refractivity contribution in [1.82, 2.24) is 4.90 Å². The predicted octanol–water partition coefficient (Wildman–Crippen LogP) is 6.00. The highest BCUT2D eigenvalue weighted by Gasteiger charge is 2.43. The van der Waals surface area contributed by atoms with Crippen molar-refractivity contribution in [2.45, 2.75) is 25.2 Å². The quantitative estimate of drug-likeness (QED) is 0.491. The van der Waals surface area contributed by atoms with Gasteiger partial charge in [0.2, 0.25) is 0 Å². The zero-order valence-corrected chi connectivity index (χ0v) is 19.5. The molecule has 1 amide bonds. The van der Waals surface area contributed by atoms with Gasteiger partial charge in [-0.2, -0.15) is 0 Å². The maximum atomic E-state index is 12.9. The van der Waals surface area contributed by atoms with E-state index in [-0.39, 0.29) is 18.6 Å². The third-order valence-corrected chi connectivity index (χ3v) is 7.44. The molecule has 1 N–H and O–H groups in total. The molecule has 0 spiro atoms. The molecule has 2 aliphatic rings. The first-order valence-electron chi connectivity index (χ1n) is 11.5. The standard InChI is InChI=1S/C28H26ClNO4/c29-20-7-5-6-19(16-20)17-28(26(31)32)12-14-30(15-13-28)27(33)34-18-25-23-10-3-1-8-21(23)22-9-2-4-11-24(22)25/h1-11,16,25H,12-15,17-18H2,(H,31,32). The van der Waals surface area contributed by atoms with Crippen molar-refractivity contribution >= 4 is 23.7 Å². The summed E-state index contributed by atoms with van der Waals surface area (Å²) in [5, 5.41) is 10.6. The molecule has 1 fully saturated rings.